The van der Waals surface area contributed by atoms with E-state index in [1.54, 1.807) is 0 Å². The molecule has 0 amide bonds. The maximum atomic E-state index is 4.29. The summed E-state index contributed by atoms with van der Waals surface area (Å²) in [5.41, 5.74) is 4.69. The van der Waals surface area contributed by atoms with Gasteiger partial charge in [0.05, 0.1) is 0 Å². The highest BCUT2D eigenvalue weighted by Crippen LogP contribution is 2.26. The van der Waals surface area contributed by atoms with Gasteiger partial charge in [-0.25, -0.2) is 4.98 Å². The largest absolute Gasteiger partial charge is 0.346 e. The Bertz CT molecular complexity index is 621. The highest BCUT2D eigenvalue weighted by Gasteiger charge is 2.04. The van der Waals surface area contributed by atoms with E-state index in [-0.39, 0.29) is 0 Å². The Morgan fingerprint density at radius 1 is 1.00 bits per heavy atom. The Labute approximate surface area is 94.0 Å². The number of H-pyrrole nitrogens is 1. The summed E-state index contributed by atoms with van der Waals surface area (Å²) in [6, 6.07) is 12.7. The highest BCUT2D eigenvalue weighted by atomic mass is 14.8. The second kappa shape index (κ2) is 3.49. The third-order valence-corrected chi connectivity index (χ3v) is 2.82. The molecule has 2 heterocycles. The van der Waals surface area contributed by atoms with E-state index in [4.69, 9.17) is 0 Å². The van der Waals surface area contributed by atoms with Gasteiger partial charge >= 0.3 is 0 Å². The molecule has 2 heteroatoms. The molecular formula is C14H12N2. The lowest BCUT2D eigenvalue weighted by Gasteiger charge is -2.03. The van der Waals surface area contributed by atoms with E-state index in [0.717, 1.165) is 5.65 Å². The summed E-state index contributed by atoms with van der Waals surface area (Å²) in [5, 5.41) is 1.17. The Kier molecular flexibility index (Phi) is 2.00. The fraction of sp³-hybridized carbons (Fsp3) is 0.0714. The number of rotatable bonds is 1. The van der Waals surface area contributed by atoms with Crippen molar-refractivity contribution in [1.29, 1.82) is 0 Å². The molecule has 0 aliphatic heterocycles. The standard InChI is InChI=1S/C14H12N2/c1-10-2-4-11(5-3-10)12-6-8-15-14-13(12)7-9-16-14/h2-9H,1H3,(H,15,16). The third kappa shape index (κ3) is 1.39. The molecule has 0 aliphatic carbocycles. The number of hydrogen-bond acceptors (Lipinski definition) is 1. The molecule has 3 aromatic rings. The summed E-state index contributed by atoms with van der Waals surface area (Å²) < 4.78 is 0. The van der Waals surface area contributed by atoms with Crippen LogP contribution < -0.4 is 0 Å². The lowest BCUT2D eigenvalue weighted by atomic mass is 10.0. The van der Waals surface area contributed by atoms with E-state index in [9.17, 15) is 0 Å². The number of nitrogens with one attached hydrogen (secondary N) is 1. The molecule has 16 heavy (non-hydrogen) atoms. The lowest BCUT2D eigenvalue weighted by Crippen LogP contribution is -1.82. The van der Waals surface area contributed by atoms with Crippen LogP contribution in [0.15, 0.2) is 48.8 Å². The predicted octanol–water partition coefficient (Wildman–Crippen LogP) is 3.54. The van der Waals surface area contributed by atoms with E-state index in [1.807, 2.05) is 12.4 Å². The van der Waals surface area contributed by atoms with Crippen molar-refractivity contribution in [2.75, 3.05) is 0 Å². The normalized spacial score (nSPS) is 10.8. The third-order valence-electron chi connectivity index (χ3n) is 2.82. The summed E-state index contributed by atoms with van der Waals surface area (Å²) in [4.78, 5) is 7.42. The van der Waals surface area contributed by atoms with Gasteiger partial charge in [0.25, 0.3) is 0 Å². The number of aromatic amines is 1. The molecule has 0 spiro atoms. The molecule has 0 radical (unpaired) electrons. The van der Waals surface area contributed by atoms with Crippen LogP contribution >= 0.6 is 0 Å². The first-order valence-electron chi connectivity index (χ1n) is 5.34. The van der Waals surface area contributed by atoms with Crippen LogP contribution in [0.25, 0.3) is 22.2 Å². The maximum absolute atomic E-state index is 4.29. The van der Waals surface area contributed by atoms with Gasteiger partial charge in [-0.3, -0.25) is 0 Å². The first kappa shape index (κ1) is 9.16. The first-order valence-corrected chi connectivity index (χ1v) is 5.34. The van der Waals surface area contributed by atoms with Gasteiger partial charge in [0, 0.05) is 17.8 Å². The van der Waals surface area contributed by atoms with Gasteiger partial charge in [0.15, 0.2) is 0 Å². The number of benzene rings is 1. The summed E-state index contributed by atoms with van der Waals surface area (Å²) in [6.07, 6.45) is 3.77. The van der Waals surface area contributed by atoms with Gasteiger partial charge in [-0.1, -0.05) is 29.8 Å². The fourth-order valence-electron chi connectivity index (χ4n) is 1.95. The van der Waals surface area contributed by atoms with Crippen molar-refractivity contribution in [3.8, 4) is 11.1 Å². The van der Waals surface area contributed by atoms with Crippen LogP contribution in [0.2, 0.25) is 0 Å². The smallest absolute Gasteiger partial charge is 0.137 e. The molecule has 1 aromatic carbocycles. The number of pyridine rings is 1. The lowest BCUT2D eigenvalue weighted by molar-refractivity contribution is 1.33. The fourth-order valence-corrected chi connectivity index (χ4v) is 1.95. The molecule has 78 valence electrons. The second-order valence-corrected chi connectivity index (χ2v) is 3.96. The van der Waals surface area contributed by atoms with Crippen LogP contribution in [0.4, 0.5) is 0 Å². The summed E-state index contributed by atoms with van der Waals surface area (Å²) in [7, 11) is 0. The van der Waals surface area contributed by atoms with Crippen molar-refractivity contribution in [2.24, 2.45) is 0 Å². The number of nitrogens with zero attached hydrogens (tertiary/aromatic N) is 1. The predicted molar refractivity (Wildman–Crippen MR) is 66.3 cm³/mol. The topological polar surface area (TPSA) is 28.7 Å². The van der Waals surface area contributed by atoms with Crippen molar-refractivity contribution in [1.82, 2.24) is 9.97 Å². The van der Waals surface area contributed by atoms with E-state index >= 15 is 0 Å². The number of aromatic nitrogens is 2. The maximum Gasteiger partial charge on any atom is 0.137 e. The minimum absolute atomic E-state index is 0.943. The summed E-state index contributed by atoms with van der Waals surface area (Å²) in [6.45, 7) is 2.10. The quantitative estimate of drug-likeness (QED) is 0.651. The molecule has 0 bridgehead atoms. The SMILES string of the molecule is Cc1ccc(-c2ccnc3[nH]ccc23)cc1. The van der Waals surface area contributed by atoms with E-state index in [2.05, 4.69) is 53.3 Å². The summed E-state index contributed by atoms with van der Waals surface area (Å²) in [5.74, 6) is 0. The van der Waals surface area contributed by atoms with Crippen LogP contribution in [0.3, 0.4) is 0 Å². The van der Waals surface area contributed by atoms with Crippen LogP contribution in [0, 0.1) is 6.92 Å². The van der Waals surface area contributed by atoms with Gasteiger partial charge in [-0.15, -0.1) is 0 Å². The molecule has 0 saturated carbocycles. The Morgan fingerprint density at radius 3 is 2.62 bits per heavy atom. The van der Waals surface area contributed by atoms with Crippen molar-refractivity contribution >= 4 is 11.0 Å². The Balaban J connectivity index is 2.25. The van der Waals surface area contributed by atoms with Crippen molar-refractivity contribution in [3.63, 3.8) is 0 Å². The average molecular weight is 208 g/mol. The molecule has 0 fully saturated rings. The van der Waals surface area contributed by atoms with Gasteiger partial charge in [0.1, 0.15) is 5.65 Å². The van der Waals surface area contributed by atoms with Gasteiger partial charge in [-0.2, -0.15) is 0 Å². The van der Waals surface area contributed by atoms with Crippen LogP contribution in [-0.4, -0.2) is 9.97 Å². The van der Waals surface area contributed by atoms with Crippen molar-refractivity contribution in [3.05, 3.63) is 54.4 Å². The molecule has 2 aromatic heterocycles. The zero-order valence-corrected chi connectivity index (χ0v) is 9.07. The van der Waals surface area contributed by atoms with Crippen LogP contribution in [0.5, 0.6) is 0 Å². The van der Waals surface area contributed by atoms with E-state index in [0.29, 0.717) is 0 Å². The molecule has 0 unspecified atom stereocenters. The number of hydrogen-bond donors (Lipinski definition) is 1. The zero-order chi connectivity index (χ0) is 11.0. The molecular weight excluding hydrogens is 196 g/mol. The minimum Gasteiger partial charge on any atom is -0.346 e. The average Bonchev–Trinajstić information content (AvgIpc) is 2.78. The minimum atomic E-state index is 0.943. The van der Waals surface area contributed by atoms with Crippen LogP contribution in [-0.2, 0) is 0 Å². The van der Waals surface area contributed by atoms with Gasteiger partial charge in [0.2, 0.25) is 0 Å². The molecule has 3 rings (SSSR count). The number of aryl methyl sites for hydroxylation is 1. The summed E-state index contributed by atoms with van der Waals surface area (Å²) >= 11 is 0. The highest BCUT2D eigenvalue weighted by molar-refractivity contribution is 5.92. The van der Waals surface area contributed by atoms with Gasteiger partial charge < -0.3 is 4.98 Å². The van der Waals surface area contributed by atoms with Crippen LogP contribution in [0.1, 0.15) is 5.56 Å². The first-order chi connectivity index (χ1) is 7.84. The number of fused-ring (bicyclic) bond motifs is 1. The van der Waals surface area contributed by atoms with Gasteiger partial charge in [-0.05, 0) is 30.2 Å². The van der Waals surface area contributed by atoms with Crippen molar-refractivity contribution < 1.29 is 0 Å². The molecule has 0 atom stereocenters. The van der Waals surface area contributed by atoms with Crippen molar-refractivity contribution in [2.45, 2.75) is 6.92 Å². The molecule has 1 N–H and O–H groups in total. The molecule has 0 saturated heterocycles. The van der Waals surface area contributed by atoms with E-state index < -0.39 is 0 Å². The Morgan fingerprint density at radius 2 is 1.81 bits per heavy atom. The zero-order valence-electron chi connectivity index (χ0n) is 9.07. The monoisotopic (exact) mass is 208 g/mol. The van der Waals surface area contributed by atoms with E-state index in [1.165, 1.54) is 22.1 Å². The molecule has 2 nitrogen and oxygen atoms in total. The second-order valence-electron chi connectivity index (χ2n) is 3.96. The Hall–Kier alpha value is -2.09. The molecule has 0 aliphatic rings.